The summed E-state index contributed by atoms with van der Waals surface area (Å²) in [5.74, 6) is 0. The minimum absolute atomic E-state index is 1.06. The molecule has 3 nitrogen and oxygen atoms in total. The molecule has 2 aromatic rings. The van der Waals surface area contributed by atoms with Crippen molar-refractivity contribution in [3.8, 4) is 0 Å². The van der Waals surface area contributed by atoms with Gasteiger partial charge in [0, 0.05) is 22.3 Å². The van der Waals surface area contributed by atoms with Gasteiger partial charge in [0.15, 0.2) is 0 Å². The van der Waals surface area contributed by atoms with E-state index in [0.29, 0.717) is 0 Å². The highest BCUT2D eigenvalue weighted by Crippen LogP contribution is 2.07. The molecule has 0 N–H and O–H groups in total. The van der Waals surface area contributed by atoms with Crippen molar-refractivity contribution < 1.29 is 8.42 Å². The maximum absolute atomic E-state index is 8.80. The molecule has 5 heteroatoms. The maximum Gasteiger partial charge on any atom is 0.222 e. The number of para-hydroxylation sites is 1. The lowest BCUT2D eigenvalue weighted by Crippen LogP contribution is -1.73. The summed E-state index contributed by atoms with van der Waals surface area (Å²) in [5.41, 5.74) is 1.06. The quantitative estimate of drug-likeness (QED) is 0.555. The van der Waals surface area contributed by atoms with E-state index in [2.05, 4.69) is 27.8 Å². The van der Waals surface area contributed by atoms with E-state index in [-0.39, 0.29) is 0 Å². The lowest BCUT2D eigenvalue weighted by atomic mass is 10.2. The number of halogens is 1. The first kappa shape index (κ1) is 10.9. The molecule has 0 bridgehead atoms. The third-order valence-electron chi connectivity index (χ3n) is 1.51. The van der Waals surface area contributed by atoms with Gasteiger partial charge in [0.25, 0.3) is 0 Å². The molecule has 1 aromatic heterocycles. The molecule has 1 aromatic carbocycles. The van der Waals surface area contributed by atoms with Crippen LogP contribution in [0.1, 0.15) is 0 Å². The van der Waals surface area contributed by atoms with Crippen LogP contribution in [0.3, 0.4) is 0 Å². The van der Waals surface area contributed by atoms with Crippen LogP contribution in [0.25, 0.3) is 10.9 Å². The fourth-order valence-corrected chi connectivity index (χ4v) is 1.02. The molecule has 0 amide bonds. The fraction of sp³-hybridized carbons (Fsp3) is 0. The molecule has 0 aliphatic rings. The van der Waals surface area contributed by atoms with E-state index in [9.17, 15) is 0 Å². The number of aromatic nitrogens is 1. The van der Waals surface area contributed by atoms with Gasteiger partial charge in [0.2, 0.25) is 9.92 Å². The highest BCUT2D eigenvalue weighted by atomic mass is 35.7. The summed E-state index contributed by atoms with van der Waals surface area (Å²) >= 11 is 0. The summed E-state index contributed by atoms with van der Waals surface area (Å²) in [4.78, 5) is 4.18. The lowest BCUT2D eigenvalue weighted by Gasteiger charge is -1.91. The number of pyridine rings is 1. The van der Waals surface area contributed by atoms with Crippen molar-refractivity contribution in [2.45, 2.75) is 0 Å². The van der Waals surface area contributed by atoms with E-state index < -0.39 is 9.92 Å². The minimum Gasteiger partial charge on any atom is -0.256 e. The van der Waals surface area contributed by atoms with Gasteiger partial charge in [-0.15, -0.1) is 0 Å². The zero-order valence-corrected chi connectivity index (χ0v) is 8.78. The molecule has 14 heavy (non-hydrogen) atoms. The van der Waals surface area contributed by atoms with Gasteiger partial charge in [0.05, 0.1) is 5.52 Å². The van der Waals surface area contributed by atoms with Crippen LogP contribution in [0.15, 0.2) is 42.6 Å². The van der Waals surface area contributed by atoms with Gasteiger partial charge >= 0.3 is 0 Å². The Hall–Kier alpha value is -1.13. The highest BCUT2D eigenvalue weighted by molar-refractivity contribution is 7.98. The monoisotopic (exact) mass is 229 g/mol. The van der Waals surface area contributed by atoms with Crippen molar-refractivity contribution in [3.63, 3.8) is 0 Å². The molecule has 0 radical (unpaired) electrons. The Labute approximate surface area is 87.8 Å². The van der Waals surface area contributed by atoms with Gasteiger partial charge < -0.3 is 0 Å². The first-order chi connectivity index (χ1) is 6.70. The van der Waals surface area contributed by atoms with E-state index in [1.807, 2.05) is 30.5 Å². The average Bonchev–Trinajstić information content (AvgIpc) is 2.17. The number of fused-ring (bicyclic) bond motifs is 1. The van der Waals surface area contributed by atoms with Gasteiger partial charge in [0.1, 0.15) is 0 Å². The molecule has 2 rings (SSSR count). The molecule has 0 unspecified atom stereocenters. The van der Waals surface area contributed by atoms with Crippen LogP contribution in [0.5, 0.6) is 0 Å². The van der Waals surface area contributed by atoms with Crippen LogP contribution < -0.4 is 0 Å². The van der Waals surface area contributed by atoms with Crippen LogP contribution in [0.4, 0.5) is 0 Å². The third-order valence-corrected chi connectivity index (χ3v) is 1.51. The zero-order chi connectivity index (χ0) is 10.4. The van der Waals surface area contributed by atoms with Crippen LogP contribution >= 0.6 is 10.7 Å². The number of nitrogens with zero attached hydrogens (tertiary/aromatic N) is 1. The SMILES string of the molecule is O=[SH](=O)Cl.c1ccc2ncccc2c1. The topological polar surface area (TPSA) is 47.0 Å². The Kier molecular flexibility index (Phi) is 4.35. The first-order valence-electron chi connectivity index (χ1n) is 3.80. The number of hydrogen-bond acceptors (Lipinski definition) is 3. The smallest absolute Gasteiger partial charge is 0.222 e. The average molecular weight is 230 g/mol. The fourth-order valence-electron chi connectivity index (χ4n) is 1.02. The van der Waals surface area contributed by atoms with Crippen LogP contribution in [-0.2, 0) is 9.92 Å². The Morgan fingerprint density at radius 2 is 1.64 bits per heavy atom. The number of thiol groups is 1. The largest absolute Gasteiger partial charge is 0.256 e. The van der Waals surface area contributed by atoms with E-state index >= 15 is 0 Å². The summed E-state index contributed by atoms with van der Waals surface area (Å²) in [6.45, 7) is 0. The molecule has 0 saturated heterocycles. The lowest BCUT2D eigenvalue weighted by molar-refractivity contribution is 0.626. The van der Waals surface area contributed by atoms with Crippen molar-refractivity contribution in [2.75, 3.05) is 0 Å². The predicted molar refractivity (Wildman–Crippen MR) is 57.9 cm³/mol. The minimum atomic E-state index is -2.65. The molecule has 74 valence electrons. The molecule has 1 heterocycles. The zero-order valence-electron chi connectivity index (χ0n) is 7.13. The molecule has 0 atom stereocenters. The van der Waals surface area contributed by atoms with Crippen LogP contribution in [-0.4, -0.2) is 13.4 Å². The Bertz CT molecular complexity index is 411. The number of hydrogen-bond donors (Lipinski definition) is 1. The molecule has 0 saturated carbocycles. The summed E-state index contributed by atoms with van der Waals surface area (Å²) in [6, 6.07) is 12.1. The Morgan fingerprint density at radius 3 is 2.29 bits per heavy atom. The summed E-state index contributed by atoms with van der Waals surface area (Å²) in [5, 5.41) is 1.20. The van der Waals surface area contributed by atoms with E-state index in [0.717, 1.165) is 5.52 Å². The molecule has 0 aliphatic carbocycles. The summed E-state index contributed by atoms with van der Waals surface area (Å²) in [7, 11) is 1.58. The molecular weight excluding hydrogens is 222 g/mol. The van der Waals surface area contributed by atoms with E-state index in [1.165, 1.54) is 5.39 Å². The van der Waals surface area contributed by atoms with E-state index in [1.54, 1.807) is 0 Å². The standard InChI is InChI=1S/C9H7N.ClHO2S/c1-2-6-9-8(4-1)5-3-7-10-9;1-4(2)3/h1-7H;4H. The van der Waals surface area contributed by atoms with Gasteiger partial charge in [-0.2, -0.15) is 0 Å². The number of benzene rings is 1. The van der Waals surface area contributed by atoms with Gasteiger partial charge in [-0.3, -0.25) is 4.98 Å². The summed E-state index contributed by atoms with van der Waals surface area (Å²) in [6.07, 6.45) is 1.81. The molecule has 0 fully saturated rings. The van der Waals surface area contributed by atoms with Gasteiger partial charge in [-0.25, -0.2) is 8.42 Å². The van der Waals surface area contributed by atoms with Crippen LogP contribution in [0, 0.1) is 0 Å². The third kappa shape index (κ3) is 3.72. The maximum atomic E-state index is 8.80. The second-order valence-corrected chi connectivity index (χ2v) is 3.66. The molecule has 0 spiro atoms. The van der Waals surface area contributed by atoms with Gasteiger partial charge in [-0.1, -0.05) is 24.3 Å². The van der Waals surface area contributed by atoms with E-state index in [4.69, 9.17) is 8.42 Å². The Morgan fingerprint density at radius 1 is 1.07 bits per heavy atom. The van der Waals surface area contributed by atoms with Gasteiger partial charge in [-0.05, 0) is 12.1 Å². The first-order valence-corrected chi connectivity index (χ1v) is 5.88. The second kappa shape index (κ2) is 5.57. The Balaban J connectivity index is 0.000000213. The highest BCUT2D eigenvalue weighted by Gasteiger charge is 1.86. The molecule has 0 aliphatic heterocycles. The normalized spacial score (nSPS) is 9.57. The van der Waals surface area contributed by atoms with Crippen molar-refractivity contribution >= 4 is 31.5 Å². The van der Waals surface area contributed by atoms with Crippen molar-refractivity contribution in [1.29, 1.82) is 0 Å². The molecular formula is C9H8ClNO2S. The predicted octanol–water partition coefficient (Wildman–Crippen LogP) is 1.99. The second-order valence-electron chi connectivity index (χ2n) is 2.41. The van der Waals surface area contributed by atoms with Crippen molar-refractivity contribution in [1.82, 2.24) is 4.98 Å². The number of rotatable bonds is 0. The van der Waals surface area contributed by atoms with Crippen LogP contribution in [0.2, 0.25) is 0 Å². The summed E-state index contributed by atoms with van der Waals surface area (Å²) < 4.78 is 17.6. The van der Waals surface area contributed by atoms with Crippen molar-refractivity contribution in [3.05, 3.63) is 42.6 Å². The van der Waals surface area contributed by atoms with Crippen molar-refractivity contribution in [2.24, 2.45) is 0 Å².